The first-order valence-corrected chi connectivity index (χ1v) is 11.4. The molecule has 1 saturated heterocycles. The summed E-state index contributed by atoms with van der Waals surface area (Å²) in [5.41, 5.74) is 1.19. The summed E-state index contributed by atoms with van der Waals surface area (Å²) in [7, 11) is 0. The maximum absolute atomic E-state index is 12.4. The Hall–Kier alpha value is -1.55. The van der Waals surface area contributed by atoms with Crippen LogP contribution in [0.2, 0.25) is 0 Å². The fraction of sp³-hybridized carbons (Fsp3) is 0.708. The van der Waals surface area contributed by atoms with E-state index in [0.29, 0.717) is 12.0 Å². The molecule has 2 aliphatic rings. The zero-order valence-electron chi connectivity index (χ0n) is 17.8. The molecule has 1 amide bonds. The number of rotatable bonds is 8. The summed E-state index contributed by atoms with van der Waals surface area (Å²) in [6.07, 6.45) is 10.2. The van der Waals surface area contributed by atoms with Crippen LogP contribution in [-0.4, -0.2) is 43.1 Å². The summed E-state index contributed by atoms with van der Waals surface area (Å²) in [5.74, 6) is 2.19. The number of hydrogen-bond donors (Lipinski definition) is 1. The molecule has 1 atom stereocenters. The SMILES string of the molecule is CCC(C)c1ccccc1OCC(=O)NC1CCN(CC2CCCCC2)CC1. The van der Waals surface area contributed by atoms with E-state index >= 15 is 0 Å². The van der Waals surface area contributed by atoms with E-state index in [4.69, 9.17) is 4.74 Å². The monoisotopic (exact) mass is 386 g/mol. The van der Waals surface area contributed by atoms with Crippen LogP contribution >= 0.6 is 0 Å². The third-order valence-electron chi connectivity index (χ3n) is 6.61. The summed E-state index contributed by atoms with van der Waals surface area (Å²) < 4.78 is 5.86. The Morgan fingerprint density at radius 1 is 1.14 bits per heavy atom. The molecule has 1 saturated carbocycles. The van der Waals surface area contributed by atoms with Crippen molar-refractivity contribution in [2.24, 2.45) is 5.92 Å². The lowest BCUT2D eigenvalue weighted by atomic mass is 9.88. The van der Waals surface area contributed by atoms with Crippen LogP contribution in [0.5, 0.6) is 5.75 Å². The van der Waals surface area contributed by atoms with Gasteiger partial charge in [0.1, 0.15) is 5.75 Å². The van der Waals surface area contributed by atoms with Gasteiger partial charge in [-0.2, -0.15) is 0 Å². The Morgan fingerprint density at radius 3 is 2.57 bits per heavy atom. The van der Waals surface area contributed by atoms with Crippen molar-refractivity contribution in [3.8, 4) is 5.75 Å². The smallest absolute Gasteiger partial charge is 0.258 e. The van der Waals surface area contributed by atoms with Crippen molar-refractivity contribution in [2.75, 3.05) is 26.2 Å². The molecule has 3 rings (SSSR count). The average Bonchev–Trinajstić information content (AvgIpc) is 2.74. The highest BCUT2D eigenvalue weighted by molar-refractivity contribution is 5.77. The van der Waals surface area contributed by atoms with Gasteiger partial charge in [-0.25, -0.2) is 0 Å². The molecule has 28 heavy (non-hydrogen) atoms. The molecule has 1 aliphatic carbocycles. The van der Waals surface area contributed by atoms with E-state index in [1.807, 2.05) is 18.2 Å². The van der Waals surface area contributed by atoms with E-state index in [2.05, 4.69) is 30.1 Å². The van der Waals surface area contributed by atoms with Crippen LogP contribution in [0, 0.1) is 5.92 Å². The van der Waals surface area contributed by atoms with Gasteiger partial charge >= 0.3 is 0 Å². The molecular weight excluding hydrogens is 348 g/mol. The fourth-order valence-corrected chi connectivity index (χ4v) is 4.65. The van der Waals surface area contributed by atoms with Crippen molar-refractivity contribution in [1.29, 1.82) is 0 Å². The van der Waals surface area contributed by atoms with Crippen molar-refractivity contribution in [1.82, 2.24) is 10.2 Å². The van der Waals surface area contributed by atoms with E-state index in [0.717, 1.165) is 44.0 Å². The van der Waals surface area contributed by atoms with E-state index in [1.54, 1.807) is 0 Å². The highest BCUT2D eigenvalue weighted by Gasteiger charge is 2.24. The van der Waals surface area contributed by atoms with Crippen LogP contribution in [-0.2, 0) is 4.79 Å². The first-order valence-electron chi connectivity index (χ1n) is 11.4. The van der Waals surface area contributed by atoms with Crippen molar-refractivity contribution in [3.05, 3.63) is 29.8 Å². The Morgan fingerprint density at radius 2 is 1.86 bits per heavy atom. The van der Waals surface area contributed by atoms with Crippen molar-refractivity contribution < 1.29 is 9.53 Å². The zero-order chi connectivity index (χ0) is 19.8. The number of ether oxygens (including phenoxy) is 1. The van der Waals surface area contributed by atoms with Crippen LogP contribution in [0.4, 0.5) is 0 Å². The third kappa shape index (κ3) is 6.23. The summed E-state index contributed by atoms with van der Waals surface area (Å²) in [6, 6.07) is 8.38. The second-order valence-corrected chi connectivity index (χ2v) is 8.78. The van der Waals surface area contributed by atoms with Gasteiger partial charge in [-0.3, -0.25) is 4.79 Å². The third-order valence-corrected chi connectivity index (χ3v) is 6.61. The number of carbonyl (C=O) groups excluding carboxylic acids is 1. The minimum Gasteiger partial charge on any atom is -0.483 e. The maximum atomic E-state index is 12.4. The molecule has 0 aromatic heterocycles. The number of amides is 1. The van der Waals surface area contributed by atoms with Gasteiger partial charge in [0.15, 0.2) is 6.61 Å². The van der Waals surface area contributed by atoms with Gasteiger partial charge < -0.3 is 15.0 Å². The second-order valence-electron chi connectivity index (χ2n) is 8.78. The van der Waals surface area contributed by atoms with Gasteiger partial charge in [0, 0.05) is 25.7 Å². The minimum absolute atomic E-state index is 0.00434. The predicted molar refractivity (Wildman–Crippen MR) is 115 cm³/mol. The molecule has 4 nitrogen and oxygen atoms in total. The number of nitrogens with one attached hydrogen (secondary N) is 1. The lowest BCUT2D eigenvalue weighted by molar-refractivity contribution is -0.124. The lowest BCUT2D eigenvalue weighted by Gasteiger charge is -2.35. The standard InChI is InChI=1S/C24H38N2O2/c1-3-19(2)22-11-7-8-12-23(22)28-18-24(27)25-21-13-15-26(16-14-21)17-20-9-5-4-6-10-20/h7-8,11-12,19-21H,3-6,9-10,13-18H2,1-2H3,(H,25,27). The second kappa shape index (κ2) is 10.8. The summed E-state index contributed by atoms with van der Waals surface area (Å²) in [6.45, 7) is 7.96. The van der Waals surface area contributed by atoms with E-state index in [-0.39, 0.29) is 12.5 Å². The number of piperidine rings is 1. The molecule has 156 valence electrons. The molecule has 4 heteroatoms. The predicted octanol–water partition coefficient (Wildman–Crippen LogP) is 4.74. The van der Waals surface area contributed by atoms with Gasteiger partial charge in [0.25, 0.3) is 5.91 Å². The highest BCUT2D eigenvalue weighted by Crippen LogP contribution is 2.28. The Kier molecular flexibility index (Phi) is 8.20. The summed E-state index contributed by atoms with van der Waals surface area (Å²) >= 11 is 0. The molecule has 0 spiro atoms. The van der Waals surface area contributed by atoms with Crippen molar-refractivity contribution in [3.63, 3.8) is 0 Å². The molecule has 1 unspecified atom stereocenters. The van der Waals surface area contributed by atoms with E-state index in [9.17, 15) is 4.79 Å². The first kappa shape index (κ1) is 21.2. The van der Waals surface area contributed by atoms with Crippen LogP contribution < -0.4 is 10.1 Å². The van der Waals surface area contributed by atoms with Crippen LogP contribution in [0.25, 0.3) is 0 Å². The number of para-hydroxylation sites is 1. The first-order chi connectivity index (χ1) is 13.7. The fourth-order valence-electron chi connectivity index (χ4n) is 4.65. The molecule has 2 fully saturated rings. The molecule has 1 aliphatic heterocycles. The van der Waals surface area contributed by atoms with Gasteiger partial charge in [-0.1, -0.05) is 51.3 Å². The van der Waals surface area contributed by atoms with Crippen LogP contribution in [0.15, 0.2) is 24.3 Å². The number of carbonyl (C=O) groups is 1. The van der Waals surface area contributed by atoms with E-state index in [1.165, 1.54) is 44.2 Å². The zero-order valence-corrected chi connectivity index (χ0v) is 17.8. The van der Waals surface area contributed by atoms with Gasteiger partial charge in [0.2, 0.25) is 0 Å². The van der Waals surface area contributed by atoms with E-state index < -0.39 is 0 Å². The topological polar surface area (TPSA) is 41.6 Å². The summed E-state index contributed by atoms with van der Waals surface area (Å²) in [5, 5.41) is 3.19. The number of hydrogen-bond acceptors (Lipinski definition) is 3. The number of nitrogens with zero attached hydrogens (tertiary/aromatic N) is 1. The van der Waals surface area contributed by atoms with Crippen LogP contribution in [0.3, 0.4) is 0 Å². The average molecular weight is 387 g/mol. The minimum atomic E-state index is 0.00434. The van der Waals surface area contributed by atoms with Gasteiger partial charge in [-0.15, -0.1) is 0 Å². The van der Waals surface area contributed by atoms with Crippen LogP contribution in [0.1, 0.15) is 76.7 Å². The molecule has 1 heterocycles. The lowest BCUT2D eigenvalue weighted by Crippen LogP contribution is -2.47. The molecule has 1 N–H and O–H groups in total. The Bertz CT molecular complexity index is 604. The van der Waals surface area contributed by atoms with Gasteiger partial charge in [0.05, 0.1) is 0 Å². The molecule has 1 aromatic rings. The quantitative estimate of drug-likeness (QED) is 0.702. The number of likely N-dealkylation sites (tertiary alicyclic amines) is 1. The molecule has 0 bridgehead atoms. The van der Waals surface area contributed by atoms with Gasteiger partial charge in [-0.05, 0) is 55.6 Å². The van der Waals surface area contributed by atoms with Crippen molar-refractivity contribution in [2.45, 2.75) is 77.2 Å². The highest BCUT2D eigenvalue weighted by atomic mass is 16.5. The number of benzene rings is 1. The largest absolute Gasteiger partial charge is 0.483 e. The van der Waals surface area contributed by atoms with Crippen molar-refractivity contribution >= 4 is 5.91 Å². The normalized spacial score (nSPS) is 20.6. The Labute approximate surface area is 171 Å². The Balaban J connectivity index is 1.38. The maximum Gasteiger partial charge on any atom is 0.258 e. The molecular formula is C24H38N2O2. The molecule has 0 radical (unpaired) electrons. The molecule has 1 aromatic carbocycles. The summed E-state index contributed by atoms with van der Waals surface area (Å²) in [4.78, 5) is 15.0.